The Morgan fingerprint density at radius 3 is 2.13 bits per heavy atom. The van der Waals surface area contributed by atoms with Crippen LogP contribution in [-0.4, -0.2) is 89.6 Å². The molecule has 3 rings (SSSR count). The van der Waals surface area contributed by atoms with Gasteiger partial charge < -0.3 is 49.1 Å². The number of anilines is 1. The molecule has 0 aromatic heterocycles. The van der Waals surface area contributed by atoms with Gasteiger partial charge in [-0.2, -0.15) is 0 Å². The number of hydrogen-bond acceptors (Lipinski definition) is 8. The standard InChI is InChI=1S/C36H58N10O6/c1-21(2)18-28(35(52)46-17-9-15-29(46)31(38)48)44-32(49)26(14-8-16-41-36(39)40)43-34(51)30(24-11-5-4-6-12-24)45-33(50)27(42-22(3)47)20-23-10-7-13-25(37)19-23/h7,10,13,19,21,24,26-30H,4-6,8-9,11-12,14-18,20,37H2,1-3H3,(H2,38,48)(H,42,47)(H,43,51)(H,44,49)(H,45,50)(H4,39,40,41)/t26-,27-,28-,29-,30-/m0/s1. The molecule has 16 heteroatoms. The first kappa shape index (κ1) is 41.5. The topological polar surface area (TPSA) is 270 Å². The molecule has 1 aromatic rings. The van der Waals surface area contributed by atoms with Gasteiger partial charge in [0.25, 0.3) is 0 Å². The SMILES string of the molecule is CC(=O)N[C@@H](Cc1cccc(N)c1)C(=O)N[C@H](C(=O)N[C@@H](CCCN=C(N)N)C(=O)N[C@@H](CC(C)C)C(=O)N1CCC[C@H]1C(N)=O)C1CCCCC1. The first-order chi connectivity index (χ1) is 24.7. The van der Waals surface area contributed by atoms with Crippen molar-refractivity contribution in [1.29, 1.82) is 0 Å². The summed E-state index contributed by atoms with van der Waals surface area (Å²) in [5.74, 6) is -3.46. The molecule has 1 aliphatic carbocycles. The predicted octanol–water partition coefficient (Wildman–Crippen LogP) is -0.0733. The first-order valence-corrected chi connectivity index (χ1v) is 18.3. The van der Waals surface area contributed by atoms with E-state index in [4.69, 9.17) is 22.9 Å². The quantitative estimate of drug-likeness (QED) is 0.0435. The minimum Gasteiger partial charge on any atom is -0.399 e. The van der Waals surface area contributed by atoms with E-state index in [9.17, 15) is 28.8 Å². The van der Waals surface area contributed by atoms with Crippen molar-refractivity contribution >= 4 is 47.1 Å². The highest BCUT2D eigenvalue weighted by atomic mass is 16.2. The zero-order chi connectivity index (χ0) is 38.4. The molecule has 0 bridgehead atoms. The fourth-order valence-electron chi connectivity index (χ4n) is 7.05. The normalized spacial score (nSPS) is 18.4. The Morgan fingerprint density at radius 2 is 1.52 bits per heavy atom. The number of nitrogens with zero attached hydrogens (tertiary/aromatic N) is 2. The molecule has 2 fully saturated rings. The molecule has 1 aliphatic heterocycles. The van der Waals surface area contributed by atoms with Crippen LogP contribution in [0, 0.1) is 11.8 Å². The number of nitrogens with one attached hydrogen (secondary N) is 4. The zero-order valence-electron chi connectivity index (χ0n) is 30.7. The minimum atomic E-state index is -1.11. The van der Waals surface area contributed by atoms with Crippen molar-refractivity contribution in [2.75, 3.05) is 18.8 Å². The van der Waals surface area contributed by atoms with Crippen molar-refractivity contribution in [3.8, 4) is 0 Å². The Hall–Kier alpha value is -4.89. The van der Waals surface area contributed by atoms with Gasteiger partial charge in [0.15, 0.2) is 5.96 Å². The number of likely N-dealkylation sites (tertiary alicyclic amines) is 1. The number of carbonyl (C=O) groups is 6. The van der Waals surface area contributed by atoms with Crippen LogP contribution in [0.15, 0.2) is 29.3 Å². The summed E-state index contributed by atoms with van der Waals surface area (Å²) in [6.45, 7) is 5.67. The highest BCUT2D eigenvalue weighted by Gasteiger charge is 2.39. The van der Waals surface area contributed by atoms with E-state index >= 15 is 0 Å². The van der Waals surface area contributed by atoms with Crippen LogP contribution in [0.5, 0.6) is 0 Å². The maximum atomic E-state index is 14.2. The molecule has 1 aromatic carbocycles. The minimum absolute atomic E-state index is 0.00793. The number of rotatable bonds is 18. The monoisotopic (exact) mass is 726 g/mol. The molecule has 16 nitrogen and oxygen atoms in total. The molecule has 52 heavy (non-hydrogen) atoms. The van der Waals surface area contributed by atoms with E-state index in [0.717, 1.165) is 24.8 Å². The van der Waals surface area contributed by atoms with Crippen molar-refractivity contribution in [1.82, 2.24) is 26.2 Å². The average molecular weight is 727 g/mol. The second kappa shape index (κ2) is 20.2. The number of aliphatic imine (C=N–C) groups is 1. The summed E-state index contributed by atoms with van der Waals surface area (Å²) >= 11 is 0. The third-order valence-electron chi connectivity index (χ3n) is 9.55. The lowest BCUT2D eigenvalue weighted by molar-refractivity contribution is -0.141. The summed E-state index contributed by atoms with van der Waals surface area (Å²) < 4.78 is 0. The van der Waals surface area contributed by atoms with Crippen molar-refractivity contribution in [3.05, 3.63) is 29.8 Å². The third kappa shape index (κ3) is 13.0. The highest BCUT2D eigenvalue weighted by molar-refractivity contribution is 5.96. The molecule has 1 heterocycles. The van der Waals surface area contributed by atoms with Crippen LogP contribution in [-0.2, 0) is 35.2 Å². The van der Waals surface area contributed by atoms with Crippen LogP contribution in [0.1, 0.15) is 90.5 Å². The molecule has 6 amide bonds. The fraction of sp³-hybridized carbons (Fsp3) is 0.639. The Labute approximate surface area is 306 Å². The van der Waals surface area contributed by atoms with Crippen LogP contribution in [0.4, 0.5) is 5.69 Å². The van der Waals surface area contributed by atoms with Gasteiger partial charge >= 0.3 is 0 Å². The van der Waals surface area contributed by atoms with Crippen LogP contribution in [0.3, 0.4) is 0 Å². The zero-order valence-corrected chi connectivity index (χ0v) is 30.7. The second-order valence-corrected chi connectivity index (χ2v) is 14.4. The van der Waals surface area contributed by atoms with Crippen molar-refractivity contribution in [2.24, 2.45) is 34.0 Å². The smallest absolute Gasteiger partial charge is 0.245 e. The number of nitrogens with two attached hydrogens (primary N) is 4. The van der Waals surface area contributed by atoms with Gasteiger partial charge in [-0.15, -0.1) is 0 Å². The molecule has 0 spiro atoms. The molecule has 1 saturated carbocycles. The lowest BCUT2D eigenvalue weighted by Crippen LogP contribution is -2.60. The summed E-state index contributed by atoms with van der Waals surface area (Å²) in [6, 6.07) is 2.15. The summed E-state index contributed by atoms with van der Waals surface area (Å²) in [5.41, 5.74) is 23.8. The summed E-state index contributed by atoms with van der Waals surface area (Å²) in [7, 11) is 0. The molecule has 0 radical (unpaired) electrons. The van der Waals surface area contributed by atoms with Gasteiger partial charge in [-0.25, -0.2) is 0 Å². The number of nitrogen functional groups attached to an aromatic ring is 1. The molecule has 0 unspecified atom stereocenters. The van der Waals surface area contributed by atoms with Crippen LogP contribution < -0.4 is 44.2 Å². The second-order valence-electron chi connectivity index (χ2n) is 14.4. The van der Waals surface area contributed by atoms with Crippen molar-refractivity contribution in [3.63, 3.8) is 0 Å². The van der Waals surface area contributed by atoms with Crippen LogP contribution in [0.25, 0.3) is 0 Å². The van der Waals surface area contributed by atoms with E-state index in [1.54, 1.807) is 24.3 Å². The van der Waals surface area contributed by atoms with E-state index in [2.05, 4.69) is 26.3 Å². The number of carbonyl (C=O) groups excluding carboxylic acids is 6. The van der Waals surface area contributed by atoms with Gasteiger partial charge in [0, 0.05) is 32.1 Å². The Balaban J connectivity index is 1.87. The average Bonchev–Trinajstić information content (AvgIpc) is 3.58. The molecule has 5 atom stereocenters. The van der Waals surface area contributed by atoms with E-state index in [1.165, 1.54) is 11.8 Å². The Bertz CT molecular complexity index is 1440. The maximum absolute atomic E-state index is 14.2. The van der Waals surface area contributed by atoms with Gasteiger partial charge in [0.1, 0.15) is 30.2 Å². The lowest BCUT2D eigenvalue weighted by Gasteiger charge is -2.33. The van der Waals surface area contributed by atoms with Crippen LogP contribution >= 0.6 is 0 Å². The molecule has 2 aliphatic rings. The van der Waals surface area contributed by atoms with Gasteiger partial charge in [0.2, 0.25) is 35.4 Å². The molecule has 288 valence electrons. The number of amides is 6. The number of benzene rings is 1. The molecule has 12 N–H and O–H groups in total. The number of primary amides is 1. The van der Waals surface area contributed by atoms with Gasteiger partial charge in [-0.3, -0.25) is 33.8 Å². The maximum Gasteiger partial charge on any atom is 0.245 e. The van der Waals surface area contributed by atoms with Crippen molar-refractivity contribution < 1.29 is 28.8 Å². The Kier molecular flexibility index (Phi) is 16.2. The lowest BCUT2D eigenvalue weighted by atomic mass is 9.83. The predicted molar refractivity (Wildman–Crippen MR) is 198 cm³/mol. The van der Waals surface area contributed by atoms with Crippen molar-refractivity contribution in [2.45, 2.75) is 122 Å². The van der Waals surface area contributed by atoms with Gasteiger partial charge in [0.05, 0.1) is 0 Å². The highest BCUT2D eigenvalue weighted by Crippen LogP contribution is 2.27. The third-order valence-corrected chi connectivity index (χ3v) is 9.55. The number of hydrogen-bond donors (Lipinski definition) is 8. The largest absolute Gasteiger partial charge is 0.399 e. The summed E-state index contributed by atoms with van der Waals surface area (Å²) in [4.78, 5) is 85.4. The van der Waals surface area contributed by atoms with Gasteiger partial charge in [-0.05, 0) is 74.5 Å². The number of guanidine groups is 1. The first-order valence-electron chi connectivity index (χ1n) is 18.3. The summed E-state index contributed by atoms with van der Waals surface area (Å²) in [6.07, 6.45) is 6.04. The fourth-order valence-corrected chi connectivity index (χ4v) is 7.05. The molecule has 1 saturated heterocycles. The van der Waals surface area contributed by atoms with E-state index in [1.807, 2.05) is 13.8 Å². The molecular formula is C36H58N10O6. The van der Waals surface area contributed by atoms with Crippen LogP contribution in [0.2, 0.25) is 0 Å². The van der Waals surface area contributed by atoms with E-state index < -0.39 is 65.7 Å². The Morgan fingerprint density at radius 1 is 0.846 bits per heavy atom. The summed E-state index contributed by atoms with van der Waals surface area (Å²) in [5, 5.41) is 11.3. The van der Waals surface area contributed by atoms with E-state index in [0.29, 0.717) is 50.8 Å². The van der Waals surface area contributed by atoms with E-state index in [-0.39, 0.29) is 37.2 Å². The van der Waals surface area contributed by atoms with Gasteiger partial charge in [-0.1, -0.05) is 45.2 Å². The molecular weight excluding hydrogens is 668 g/mol.